The van der Waals surface area contributed by atoms with Crippen LogP contribution in [-0.2, 0) is 24.0 Å². The molecule has 1 aromatic rings. The molecule has 1 heterocycles. The van der Waals surface area contributed by atoms with Gasteiger partial charge >= 0.3 is 10.3 Å². The van der Waals surface area contributed by atoms with Gasteiger partial charge in [-0.05, 0) is 26.0 Å². The van der Waals surface area contributed by atoms with Crippen molar-refractivity contribution >= 4 is 33.5 Å². The number of halogens is 2. The first-order chi connectivity index (χ1) is 9.59. The van der Waals surface area contributed by atoms with Crippen molar-refractivity contribution < 1.29 is 22.1 Å². The molecule has 1 aromatic carbocycles. The molecule has 2 atom stereocenters. The Morgan fingerprint density at radius 2 is 1.86 bits per heavy atom. The Morgan fingerprint density at radius 3 is 2.38 bits per heavy atom. The van der Waals surface area contributed by atoms with Crippen LogP contribution in [0.5, 0.6) is 0 Å². The largest absolute Gasteiger partial charge is 0.342 e. The first kappa shape index (κ1) is 17.0. The highest BCUT2D eigenvalue weighted by Gasteiger charge is 2.44. The van der Waals surface area contributed by atoms with Crippen LogP contribution in [0.25, 0.3) is 0 Å². The summed E-state index contributed by atoms with van der Waals surface area (Å²) in [7, 11) is -4.08. The molecule has 6 nitrogen and oxygen atoms in total. The van der Waals surface area contributed by atoms with Gasteiger partial charge in [0.2, 0.25) is 0 Å². The summed E-state index contributed by atoms with van der Waals surface area (Å²) in [6.07, 6.45) is -1.38. The molecule has 0 bridgehead atoms. The lowest BCUT2D eigenvalue weighted by Gasteiger charge is -2.19. The van der Waals surface area contributed by atoms with Crippen molar-refractivity contribution in [3.8, 4) is 0 Å². The van der Waals surface area contributed by atoms with E-state index in [1.165, 1.54) is 0 Å². The minimum Gasteiger partial charge on any atom is -0.342 e. The van der Waals surface area contributed by atoms with Crippen LogP contribution in [0.15, 0.2) is 18.2 Å². The fourth-order valence-corrected chi connectivity index (χ4v) is 3.08. The number of rotatable bonds is 4. The van der Waals surface area contributed by atoms with Crippen LogP contribution in [0, 0.1) is 0 Å². The number of benzene rings is 1. The highest BCUT2D eigenvalue weighted by Crippen LogP contribution is 2.43. The van der Waals surface area contributed by atoms with E-state index < -0.39 is 28.3 Å². The van der Waals surface area contributed by atoms with Crippen LogP contribution in [0.3, 0.4) is 0 Å². The molecule has 0 aromatic heterocycles. The van der Waals surface area contributed by atoms with Crippen molar-refractivity contribution in [2.75, 3.05) is 6.61 Å². The Balaban J connectivity index is 2.30. The van der Waals surface area contributed by atoms with Crippen molar-refractivity contribution in [1.29, 1.82) is 0 Å². The molecule has 0 aliphatic carbocycles. The molecule has 21 heavy (non-hydrogen) atoms. The second kappa shape index (κ2) is 6.00. The van der Waals surface area contributed by atoms with Gasteiger partial charge in [-0.3, -0.25) is 4.18 Å². The fraction of sp³-hybridized carbons (Fsp3) is 0.500. The van der Waals surface area contributed by atoms with Gasteiger partial charge in [-0.15, -0.1) is 0 Å². The second-order valence-electron chi connectivity index (χ2n) is 5.01. The van der Waals surface area contributed by atoms with Crippen LogP contribution >= 0.6 is 23.2 Å². The zero-order valence-electron chi connectivity index (χ0n) is 11.4. The number of hydrogen-bond acceptors (Lipinski definition) is 5. The third kappa shape index (κ3) is 4.29. The number of nitrogens with two attached hydrogens (primary N) is 1. The monoisotopic (exact) mass is 355 g/mol. The molecule has 9 heteroatoms. The minimum atomic E-state index is -4.08. The van der Waals surface area contributed by atoms with Crippen LogP contribution in [-0.4, -0.2) is 26.9 Å². The van der Waals surface area contributed by atoms with E-state index in [0.717, 1.165) is 0 Å². The summed E-state index contributed by atoms with van der Waals surface area (Å²) in [6.45, 7) is 3.10. The van der Waals surface area contributed by atoms with E-state index in [1.54, 1.807) is 32.0 Å². The standard InChI is InChI=1S/C12H15Cl2NO5S/c1-12(2)19-9(6-18-21(15,16)17)11(20-12)10-7(13)4-3-5-8(10)14/h3-5,9,11H,6H2,1-2H3,(H2,15,16,17)/t9-,11+/m0/s1. The first-order valence-electron chi connectivity index (χ1n) is 6.06. The van der Waals surface area contributed by atoms with Gasteiger partial charge in [-0.2, -0.15) is 8.42 Å². The predicted molar refractivity (Wildman–Crippen MR) is 78.3 cm³/mol. The maximum atomic E-state index is 10.9. The van der Waals surface area contributed by atoms with Gasteiger partial charge in [0.05, 0.1) is 6.61 Å². The van der Waals surface area contributed by atoms with E-state index in [-0.39, 0.29) is 6.61 Å². The number of hydrogen-bond donors (Lipinski definition) is 1. The lowest BCUT2D eigenvalue weighted by molar-refractivity contribution is -0.148. The van der Waals surface area contributed by atoms with Crippen molar-refractivity contribution in [3.63, 3.8) is 0 Å². The summed E-state index contributed by atoms with van der Waals surface area (Å²) < 4.78 is 37.9. The van der Waals surface area contributed by atoms with Crippen molar-refractivity contribution in [2.45, 2.75) is 31.8 Å². The smallest absolute Gasteiger partial charge is 0.333 e. The van der Waals surface area contributed by atoms with Gasteiger partial charge in [0.1, 0.15) is 12.2 Å². The van der Waals surface area contributed by atoms with E-state index >= 15 is 0 Å². The summed E-state index contributed by atoms with van der Waals surface area (Å²) in [5.74, 6) is -0.931. The Kier molecular flexibility index (Phi) is 4.84. The maximum absolute atomic E-state index is 10.9. The molecule has 0 radical (unpaired) electrons. The van der Waals surface area contributed by atoms with Crippen LogP contribution in [0.2, 0.25) is 10.0 Å². The Hall–Kier alpha value is -0.410. The summed E-state index contributed by atoms with van der Waals surface area (Å²) in [5.41, 5.74) is 0.523. The van der Waals surface area contributed by atoms with Gasteiger partial charge in [0.25, 0.3) is 0 Å². The van der Waals surface area contributed by atoms with E-state index in [2.05, 4.69) is 4.18 Å². The highest BCUT2D eigenvalue weighted by atomic mass is 35.5. The average Bonchev–Trinajstić information content (AvgIpc) is 2.61. The third-order valence-corrected chi connectivity index (χ3v) is 3.99. The molecule has 1 aliphatic rings. The molecule has 0 saturated carbocycles. The Bertz CT molecular complexity index is 614. The normalized spacial score (nSPS) is 25.2. The average molecular weight is 356 g/mol. The molecule has 1 aliphatic heterocycles. The Labute approximate surface area is 133 Å². The third-order valence-electron chi connectivity index (χ3n) is 2.86. The Morgan fingerprint density at radius 1 is 1.29 bits per heavy atom. The van der Waals surface area contributed by atoms with Gasteiger partial charge in [0, 0.05) is 15.6 Å². The zero-order valence-corrected chi connectivity index (χ0v) is 13.7. The van der Waals surface area contributed by atoms with Crippen molar-refractivity contribution in [2.24, 2.45) is 5.14 Å². The molecular formula is C12H15Cl2NO5S. The van der Waals surface area contributed by atoms with Crippen molar-refractivity contribution in [3.05, 3.63) is 33.8 Å². The lowest BCUT2D eigenvalue weighted by atomic mass is 10.0. The molecule has 0 spiro atoms. The maximum Gasteiger partial charge on any atom is 0.333 e. The van der Waals surface area contributed by atoms with E-state index in [1.807, 2.05) is 0 Å². The van der Waals surface area contributed by atoms with E-state index in [0.29, 0.717) is 15.6 Å². The molecule has 2 rings (SSSR count). The highest BCUT2D eigenvalue weighted by molar-refractivity contribution is 7.84. The molecular weight excluding hydrogens is 341 g/mol. The lowest BCUT2D eigenvalue weighted by Crippen LogP contribution is -2.28. The van der Waals surface area contributed by atoms with Crippen LogP contribution in [0.4, 0.5) is 0 Å². The topological polar surface area (TPSA) is 87.9 Å². The van der Waals surface area contributed by atoms with Crippen LogP contribution in [0.1, 0.15) is 25.5 Å². The quantitative estimate of drug-likeness (QED) is 0.895. The molecule has 118 valence electrons. The minimum absolute atomic E-state index is 0.297. The summed E-state index contributed by atoms with van der Waals surface area (Å²) in [6, 6.07) is 5.02. The van der Waals surface area contributed by atoms with E-state index in [4.69, 9.17) is 37.8 Å². The fourth-order valence-electron chi connectivity index (χ4n) is 2.15. The van der Waals surface area contributed by atoms with Gasteiger partial charge in [0.15, 0.2) is 5.79 Å². The molecule has 1 fully saturated rings. The van der Waals surface area contributed by atoms with Crippen molar-refractivity contribution in [1.82, 2.24) is 0 Å². The van der Waals surface area contributed by atoms with Gasteiger partial charge < -0.3 is 9.47 Å². The first-order valence-corrected chi connectivity index (χ1v) is 8.28. The second-order valence-corrected chi connectivity index (χ2v) is 7.04. The zero-order chi connectivity index (χ0) is 15.8. The summed E-state index contributed by atoms with van der Waals surface area (Å²) in [5, 5.41) is 5.62. The molecule has 0 unspecified atom stereocenters. The van der Waals surface area contributed by atoms with Gasteiger partial charge in [-0.1, -0.05) is 29.3 Å². The molecule has 0 amide bonds. The van der Waals surface area contributed by atoms with Crippen LogP contribution < -0.4 is 5.14 Å². The van der Waals surface area contributed by atoms with Gasteiger partial charge in [-0.25, -0.2) is 5.14 Å². The SMILES string of the molecule is CC1(C)O[C@@H](COS(N)(=O)=O)[C@H](c2c(Cl)cccc2Cl)O1. The number of ether oxygens (including phenoxy) is 2. The van der Waals surface area contributed by atoms with E-state index in [9.17, 15) is 8.42 Å². The summed E-state index contributed by atoms with van der Waals surface area (Å²) in [4.78, 5) is 0. The predicted octanol–water partition coefficient (Wildman–Crippen LogP) is 2.41. The molecule has 1 saturated heterocycles. The molecule has 2 N–H and O–H groups in total. The summed E-state index contributed by atoms with van der Waals surface area (Å²) >= 11 is 12.3.